The van der Waals surface area contributed by atoms with Gasteiger partial charge in [-0.1, -0.05) is 109 Å². The van der Waals surface area contributed by atoms with E-state index in [0.717, 1.165) is 109 Å². The fraction of sp³-hybridized carbons (Fsp3) is 0.638. The Morgan fingerprint density at radius 2 is 0.811 bits per heavy atom. The molecule has 0 aromatic heterocycles. The molecule has 0 radical (unpaired) electrons. The average molecular weight is 1440 g/mol. The van der Waals surface area contributed by atoms with E-state index >= 15 is 0 Å². The Balaban J connectivity index is 0.000000114. The van der Waals surface area contributed by atoms with Gasteiger partial charge in [-0.3, -0.25) is 14.4 Å². The number of carbonyl (C=O) groups is 4. The molecule has 9 saturated carbocycles. The Bertz CT molecular complexity index is 3990. The molecule has 18 rings (SSSR count). The molecule has 0 spiro atoms. The van der Waals surface area contributed by atoms with Crippen molar-refractivity contribution in [1.82, 2.24) is 0 Å². The Morgan fingerprint density at radius 1 is 0.425 bits per heavy atom. The lowest BCUT2D eigenvalue weighted by Crippen LogP contribution is -2.45. The molecule has 106 heavy (non-hydrogen) atoms. The minimum atomic E-state index is -0.303. The van der Waals surface area contributed by atoms with Gasteiger partial charge in [-0.15, -0.1) is 0 Å². The molecule has 570 valence electrons. The zero-order valence-corrected chi connectivity index (χ0v) is 64.5. The Labute approximate surface area is 631 Å². The summed E-state index contributed by atoms with van der Waals surface area (Å²) >= 11 is 0. The van der Waals surface area contributed by atoms with Crippen LogP contribution in [0.1, 0.15) is 306 Å². The molecule has 4 N–H and O–H groups in total. The van der Waals surface area contributed by atoms with Crippen LogP contribution in [0.5, 0.6) is 23.0 Å². The number of esters is 4. The largest absolute Gasteiger partial charge is 0.508 e. The predicted octanol–water partition coefficient (Wildman–Crippen LogP) is 20.4. The van der Waals surface area contributed by atoms with Crippen LogP contribution in [-0.2, 0) is 49.5 Å². The number of carbonyl (C=O) groups excluding carboxylic acids is 4. The van der Waals surface area contributed by atoms with Gasteiger partial charge < -0.3 is 39.4 Å². The highest BCUT2D eigenvalue weighted by molar-refractivity contribution is 5.91. The van der Waals surface area contributed by atoms with Crippen LogP contribution in [0.3, 0.4) is 0 Å². The van der Waals surface area contributed by atoms with Crippen molar-refractivity contribution < 1.29 is 58.6 Å². The van der Waals surface area contributed by atoms with Crippen LogP contribution in [-0.4, -0.2) is 68.7 Å². The zero-order chi connectivity index (χ0) is 73.8. The van der Waals surface area contributed by atoms with Crippen molar-refractivity contribution in [2.24, 2.45) is 74.9 Å². The highest BCUT2D eigenvalue weighted by Gasteiger charge is 2.60. The summed E-state index contributed by atoms with van der Waals surface area (Å²) in [5.74, 6) is 10.2. The second-order valence-electron chi connectivity index (χ2n) is 36.8. The number of aliphatic hydroxyl groups is 2. The molecular formula is C94H122O12. The first kappa shape index (κ1) is 74.9. The van der Waals surface area contributed by atoms with E-state index in [9.17, 15) is 39.6 Å². The van der Waals surface area contributed by atoms with Gasteiger partial charge in [-0.2, -0.15) is 0 Å². The van der Waals surface area contributed by atoms with Crippen molar-refractivity contribution in [2.45, 2.75) is 302 Å². The number of phenolic OH excluding ortho intramolecular Hbond substituents is 2. The summed E-state index contributed by atoms with van der Waals surface area (Å²) in [5.41, 5.74) is 12.3. The van der Waals surface area contributed by atoms with Gasteiger partial charge in [0.05, 0.1) is 17.8 Å². The normalized spacial score (nSPS) is 35.8. The van der Waals surface area contributed by atoms with E-state index < -0.39 is 0 Å². The Hall–Kier alpha value is -6.50. The van der Waals surface area contributed by atoms with Gasteiger partial charge in [0.25, 0.3) is 0 Å². The third-order valence-electron chi connectivity index (χ3n) is 31.5. The highest BCUT2D eigenvalue weighted by Crippen LogP contribution is 2.66. The lowest BCUT2D eigenvalue weighted by molar-refractivity contribution is -0.158. The number of fused-ring (bicyclic) bond motifs is 20. The maximum Gasteiger partial charge on any atom is 0.343 e. The number of hydrogen-bond acceptors (Lipinski definition) is 12. The molecule has 12 nitrogen and oxygen atoms in total. The van der Waals surface area contributed by atoms with Gasteiger partial charge in [-0.05, 0) is 360 Å². The number of phenols is 2. The minimum absolute atomic E-state index is 0.00492. The summed E-state index contributed by atoms with van der Waals surface area (Å²) in [7, 11) is 0. The molecule has 9 fully saturated rings. The summed E-state index contributed by atoms with van der Waals surface area (Å²) in [4.78, 5) is 48.3. The smallest absolute Gasteiger partial charge is 0.343 e. The fourth-order valence-electron chi connectivity index (χ4n) is 25.9. The minimum Gasteiger partial charge on any atom is -0.508 e. The van der Waals surface area contributed by atoms with Crippen molar-refractivity contribution >= 4 is 23.9 Å². The standard InChI is InChI=1S/C26H36O3.C25H28O3.C23H32O3.C20H26O3/c1-26-15-14-21-20-10-8-19(27)16-18(20)7-9-22(21)23(26)11-12-24(26)29-25(28)13-6-17-4-2-3-5-17;1-25-14-13-20-19-10-8-18(28-24(27)16-5-3-2-4-6-16)15-17(19)7-9-21(20)22(25)11-12-23(25)26;1-3-4-5-22(25)26-21-11-10-20-19-8-6-15-14-16(24)7-9-17(15)18(19)12-13-23(20,21)2;1-12(21)23-14-4-6-15-13(11-14)3-5-17-16(15)9-10-20(2)18(17)7-8-19(20)22/h8,10,16-17,21-24,27H,2-7,9,11-15H2,1H3;2-6,8,10,15,20-23,26H,7,9,11-14H2,1H3;7,9,14,18-21,24H,3-6,8,10-13H2,1-2H3;4,6,11,16-19,22H,3,5,7-10H2,1-2H3/t21-,22-,23+,24+,26+;20-,21-,22+,23+,25+;18-,19-,20+,21+,23+;16-,17-,18+,19+,20+/m1111/s1. The van der Waals surface area contributed by atoms with Crippen LogP contribution in [0.2, 0.25) is 0 Å². The van der Waals surface area contributed by atoms with Crippen LogP contribution >= 0.6 is 0 Å². The third kappa shape index (κ3) is 14.6. The molecule has 0 aliphatic heterocycles. The van der Waals surface area contributed by atoms with Crippen molar-refractivity contribution in [3.63, 3.8) is 0 Å². The SMILES string of the molecule is CC(=O)Oc1ccc2c(c1)CC[C@@H]1[C@@H]2CC[C@]2(C)[C@@H](O)CC[C@@H]12.CCCCC(=O)O[C@H]1CC[C@H]2[C@@H]3CCc4cc(O)ccc4[C@H]3CC[C@]12C.C[C@]12CC[C@@H]3c4ccc(O)cc4CC[C@H]3[C@@H]1CC[C@@H]2OC(=O)CCC1CCCC1.C[C@]12CC[C@@H]3c4ccc(OC(=O)c5ccccc5)cc4CC[C@H]3[C@@H]1CC[C@@H]2O. The summed E-state index contributed by atoms with van der Waals surface area (Å²) in [6.45, 7) is 13.0. The van der Waals surface area contributed by atoms with Crippen molar-refractivity contribution in [3.8, 4) is 23.0 Å². The maximum atomic E-state index is 12.6. The molecule has 13 aliphatic carbocycles. The summed E-state index contributed by atoms with van der Waals surface area (Å²) in [6, 6.07) is 33.5. The molecule has 0 saturated heterocycles. The first-order valence-electron chi connectivity index (χ1n) is 42.2. The lowest BCUT2D eigenvalue weighted by atomic mass is 9.55. The highest BCUT2D eigenvalue weighted by atomic mass is 16.6. The Morgan fingerprint density at radius 3 is 1.25 bits per heavy atom. The number of ether oxygens (including phenoxy) is 4. The van der Waals surface area contributed by atoms with Gasteiger partial charge in [0.1, 0.15) is 35.2 Å². The molecule has 0 unspecified atom stereocenters. The summed E-state index contributed by atoms with van der Waals surface area (Å²) < 4.78 is 23.0. The lowest BCUT2D eigenvalue weighted by Gasteiger charge is -2.50. The number of unbranched alkanes of at least 4 members (excludes halogenated alkanes) is 1. The third-order valence-corrected chi connectivity index (χ3v) is 31.5. The number of aliphatic hydroxyl groups excluding tert-OH is 2. The molecule has 0 bridgehead atoms. The van der Waals surface area contributed by atoms with Crippen molar-refractivity contribution in [1.29, 1.82) is 0 Å². The number of rotatable bonds is 11. The van der Waals surface area contributed by atoms with Gasteiger partial charge in [0, 0.05) is 30.6 Å². The molecule has 20 atom stereocenters. The van der Waals surface area contributed by atoms with E-state index in [4.69, 9.17) is 18.9 Å². The number of benzene rings is 5. The van der Waals surface area contributed by atoms with Crippen molar-refractivity contribution in [2.75, 3.05) is 0 Å². The van der Waals surface area contributed by atoms with Crippen LogP contribution in [0.25, 0.3) is 0 Å². The van der Waals surface area contributed by atoms with Crippen LogP contribution in [0, 0.1) is 74.9 Å². The molecule has 5 aromatic carbocycles. The van der Waals surface area contributed by atoms with E-state index in [1.807, 2.05) is 54.6 Å². The first-order chi connectivity index (χ1) is 51.1. The zero-order valence-electron chi connectivity index (χ0n) is 64.5. The monoisotopic (exact) mass is 1440 g/mol. The molecule has 5 aromatic rings. The van der Waals surface area contributed by atoms with E-state index in [0.29, 0.717) is 112 Å². The fourth-order valence-corrected chi connectivity index (χ4v) is 25.9. The van der Waals surface area contributed by atoms with E-state index in [-0.39, 0.29) is 70.0 Å². The topological polar surface area (TPSA) is 186 Å². The second kappa shape index (κ2) is 31.1. The predicted molar refractivity (Wildman–Crippen MR) is 413 cm³/mol. The van der Waals surface area contributed by atoms with Crippen LogP contribution in [0.15, 0.2) is 103 Å². The van der Waals surface area contributed by atoms with E-state index in [1.54, 1.807) is 12.1 Å². The van der Waals surface area contributed by atoms with Gasteiger partial charge in [-0.25, -0.2) is 4.79 Å². The van der Waals surface area contributed by atoms with Gasteiger partial charge in [0.15, 0.2) is 0 Å². The quantitative estimate of drug-likeness (QED) is 0.0725. The van der Waals surface area contributed by atoms with Gasteiger partial charge in [0.2, 0.25) is 0 Å². The van der Waals surface area contributed by atoms with Crippen LogP contribution < -0.4 is 9.47 Å². The summed E-state index contributed by atoms with van der Waals surface area (Å²) in [5, 5.41) is 40.6. The summed E-state index contributed by atoms with van der Waals surface area (Å²) in [6.07, 6.45) is 36.5. The molecule has 13 aliphatic rings. The molecular weight excluding hydrogens is 1320 g/mol. The van der Waals surface area contributed by atoms with E-state index in [2.05, 4.69) is 71.0 Å². The van der Waals surface area contributed by atoms with E-state index in [1.165, 1.54) is 148 Å². The molecule has 12 heteroatoms. The first-order valence-corrected chi connectivity index (χ1v) is 42.2. The Kier molecular flexibility index (Phi) is 22.0. The van der Waals surface area contributed by atoms with Crippen LogP contribution in [0.4, 0.5) is 0 Å². The number of aryl methyl sites for hydroxylation is 4. The molecule has 0 heterocycles. The number of hydrogen-bond donors (Lipinski definition) is 4. The van der Waals surface area contributed by atoms with Gasteiger partial charge >= 0.3 is 23.9 Å². The van der Waals surface area contributed by atoms with Crippen molar-refractivity contribution in [3.05, 3.63) is 153 Å². The molecule has 0 amide bonds. The average Bonchev–Trinajstić information content (AvgIpc) is 1.51. The number of aromatic hydroxyl groups is 2. The maximum absolute atomic E-state index is 12.6. The second-order valence-corrected chi connectivity index (χ2v) is 36.8.